The van der Waals surface area contributed by atoms with E-state index in [1.165, 1.54) is 0 Å². The minimum Gasteiger partial charge on any atom is -0.315 e. The molecule has 1 saturated heterocycles. The number of carbonyl (C=O) groups excluding carboxylic acids is 1. The zero-order valence-corrected chi connectivity index (χ0v) is 12.8. The van der Waals surface area contributed by atoms with Crippen LogP contribution < -0.4 is 10.2 Å². The van der Waals surface area contributed by atoms with Crippen molar-refractivity contribution in [1.82, 2.24) is 10.2 Å². The first kappa shape index (κ1) is 14.5. The second kappa shape index (κ2) is 7.03. The summed E-state index contributed by atoms with van der Waals surface area (Å²) in [6.07, 6.45) is 0.572. The van der Waals surface area contributed by atoms with Gasteiger partial charge >= 0.3 is 0 Å². The molecule has 0 spiro atoms. The van der Waals surface area contributed by atoms with Crippen LogP contribution in [-0.2, 0) is 4.79 Å². The molecule has 1 aromatic rings. The number of hydrogen-bond donors (Lipinski definition) is 1. The van der Waals surface area contributed by atoms with Gasteiger partial charge < -0.3 is 15.1 Å². The van der Waals surface area contributed by atoms with Crippen LogP contribution in [0.5, 0.6) is 0 Å². The molecule has 0 aromatic heterocycles. The number of rotatable bonds is 4. The van der Waals surface area contributed by atoms with E-state index in [9.17, 15) is 4.79 Å². The number of benzene rings is 1. The molecule has 19 heavy (non-hydrogen) atoms. The van der Waals surface area contributed by atoms with Crippen molar-refractivity contribution in [2.75, 3.05) is 44.7 Å². The zero-order chi connectivity index (χ0) is 13.7. The van der Waals surface area contributed by atoms with Gasteiger partial charge in [-0.1, -0.05) is 22.0 Å². The third-order valence-electron chi connectivity index (χ3n) is 3.42. The minimum absolute atomic E-state index is 0.164. The van der Waals surface area contributed by atoms with Crippen LogP contribution >= 0.6 is 15.9 Å². The van der Waals surface area contributed by atoms with Crippen molar-refractivity contribution in [3.05, 3.63) is 28.7 Å². The molecule has 0 saturated carbocycles. The number of hydrogen-bond acceptors (Lipinski definition) is 3. The van der Waals surface area contributed by atoms with E-state index < -0.39 is 0 Å². The highest BCUT2D eigenvalue weighted by Crippen LogP contribution is 2.19. The number of amides is 1. The first-order valence-corrected chi connectivity index (χ1v) is 7.41. The first-order valence-electron chi connectivity index (χ1n) is 6.62. The van der Waals surface area contributed by atoms with Crippen LogP contribution in [0.15, 0.2) is 28.7 Å². The summed E-state index contributed by atoms with van der Waals surface area (Å²) in [5.74, 6) is 0.164. The van der Waals surface area contributed by atoms with Gasteiger partial charge in [-0.15, -0.1) is 0 Å². The molecular formula is C14H20BrN3O. The Labute approximate surface area is 122 Å². The van der Waals surface area contributed by atoms with Crippen molar-refractivity contribution in [2.24, 2.45) is 0 Å². The lowest BCUT2D eigenvalue weighted by Gasteiger charge is -2.27. The average Bonchev–Trinajstić information content (AvgIpc) is 2.45. The van der Waals surface area contributed by atoms with E-state index in [0.717, 1.165) is 42.9 Å². The summed E-state index contributed by atoms with van der Waals surface area (Å²) in [7, 11) is 1.84. The van der Waals surface area contributed by atoms with E-state index in [1.807, 2.05) is 31.3 Å². The van der Waals surface area contributed by atoms with E-state index in [2.05, 4.69) is 26.1 Å². The first-order chi connectivity index (χ1) is 9.16. The van der Waals surface area contributed by atoms with E-state index in [4.69, 9.17) is 0 Å². The third kappa shape index (κ3) is 4.30. The lowest BCUT2D eigenvalue weighted by atomic mass is 10.2. The summed E-state index contributed by atoms with van der Waals surface area (Å²) in [5.41, 5.74) is 0.930. The van der Waals surface area contributed by atoms with Gasteiger partial charge in [-0.05, 0) is 18.2 Å². The van der Waals surface area contributed by atoms with Crippen molar-refractivity contribution >= 4 is 27.5 Å². The molecular weight excluding hydrogens is 306 g/mol. The molecule has 1 aliphatic rings. The van der Waals surface area contributed by atoms with Gasteiger partial charge in [0.2, 0.25) is 5.91 Å². The van der Waals surface area contributed by atoms with Gasteiger partial charge in [0.1, 0.15) is 0 Å². The summed E-state index contributed by atoms with van der Waals surface area (Å²) < 4.78 is 0.992. The fraction of sp³-hybridized carbons (Fsp3) is 0.500. The Morgan fingerprint density at radius 2 is 2.16 bits per heavy atom. The third-order valence-corrected chi connectivity index (χ3v) is 3.91. The van der Waals surface area contributed by atoms with Crippen LogP contribution in [-0.4, -0.2) is 50.6 Å². The Hall–Kier alpha value is -0.910. The largest absolute Gasteiger partial charge is 0.315 e. The predicted octanol–water partition coefficient (Wildman–Crippen LogP) is 1.71. The molecule has 0 aliphatic carbocycles. The highest BCUT2D eigenvalue weighted by molar-refractivity contribution is 9.10. The number of carbonyl (C=O) groups is 1. The monoisotopic (exact) mass is 325 g/mol. The zero-order valence-electron chi connectivity index (χ0n) is 11.2. The van der Waals surface area contributed by atoms with Crippen molar-refractivity contribution in [1.29, 1.82) is 0 Å². The van der Waals surface area contributed by atoms with Gasteiger partial charge in [0, 0.05) is 56.4 Å². The topological polar surface area (TPSA) is 35.6 Å². The highest BCUT2D eigenvalue weighted by Gasteiger charge is 2.14. The number of nitrogens with one attached hydrogen (secondary N) is 1. The maximum atomic E-state index is 12.2. The molecule has 1 fully saturated rings. The van der Waals surface area contributed by atoms with Crippen molar-refractivity contribution in [2.45, 2.75) is 6.42 Å². The molecule has 104 valence electrons. The Morgan fingerprint density at radius 1 is 1.42 bits per heavy atom. The lowest BCUT2D eigenvalue weighted by Crippen LogP contribution is -2.44. The highest BCUT2D eigenvalue weighted by atomic mass is 79.9. The normalized spacial score (nSPS) is 16.3. The van der Waals surface area contributed by atoms with Crippen molar-refractivity contribution in [3.8, 4) is 0 Å². The second-order valence-corrected chi connectivity index (χ2v) is 5.69. The van der Waals surface area contributed by atoms with E-state index in [-0.39, 0.29) is 5.91 Å². The summed E-state index contributed by atoms with van der Waals surface area (Å²) in [6.45, 7) is 4.96. The van der Waals surface area contributed by atoms with Crippen LogP contribution in [0.1, 0.15) is 6.42 Å². The molecule has 1 aromatic carbocycles. The Balaban J connectivity index is 1.85. The van der Waals surface area contributed by atoms with Gasteiger partial charge in [0.15, 0.2) is 0 Å². The molecule has 1 N–H and O–H groups in total. The molecule has 5 heteroatoms. The van der Waals surface area contributed by atoms with Crippen LogP contribution in [0.3, 0.4) is 0 Å². The molecule has 0 atom stereocenters. The van der Waals surface area contributed by atoms with Crippen molar-refractivity contribution < 1.29 is 4.79 Å². The Bertz CT molecular complexity index is 432. The van der Waals surface area contributed by atoms with Gasteiger partial charge in [-0.2, -0.15) is 0 Å². The number of piperazine rings is 1. The average molecular weight is 326 g/mol. The van der Waals surface area contributed by atoms with Gasteiger partial charge in [0.25, 0.3) is 0 Å². The summed E-state index contributed by atoms with van der Waals surface area (Å²) in [5, 5.41) is 3.31. The van der Waals surface area contributed by atoms with Gasteiger partial charge in [0.05, 0.1) is 0 Å². The fourth-order valence-corrected chi connectivity index (χ4v) is 2.57. The number of nitrogens with zero attached hydrogens (tertiary/aromatic N) is 2. The number of anilines is 1. The van der Waals surface area contributed by atoms with Crippen LogP contribution in [0.2, 0.25) is 0 Å². The van der Waals surface area contributed by atoms with Gasteiger partial charge in [-0.25, -0.2) is 0 Å². The fourth-order valence-electron chi connectivity index (χ4n) is 2.18. The molecule has 2 rings (SSSR count). The van der Waals surface area contributed by atoms with E-state index in [1.54, 1.807) is 4.90 Å². The molecule has 0 bridgehead atoms. The van der Waals surface area contributed by atoms with E-state index in [0.29, 0.717) is 6.42 Å². The molecule has 0 unspecified atom stereocenters. The molecule has 1 amide bonds. The van der Waals surface area contributed by atoms with Crippen molar-refractivity contribution in [3.63, 3.8) is 0 Å². The lowest BCUT2D eigenvalue weighted by molar-refractivity contribution is -0.118. The standard InChI is InChI=1S/C14H20BrN3O/c1-17(13-4-2-3-12(15)11-13)14(19)5-8-18-9-6-16-7-10-18/h2-4,11,16H,5-10H2,1H3. The molecule has 0 radical (unpaired) electrons. The summed E-state index contributed by atoms with van der Waals surface area (Å²) >= 11 is 3.43. The van der Waals surface area contributed by atoms with Crippen LogP contribution in [0, 0.1) is 0 Å². The summed E-state index contributed by atoms with van der Waals surface area (Å²) in [6, 6.07) is 7.82. The Kier molecular flexibility index (Phi) is 5.36. The summed E-state index contributed by atoms with van der Waals surface area (Å²) in [4.78, 5) is 16.2. The number of halogens is 1. The molecule has 1 heterocycles. The van der Waals surface area contributed by atoms with Gasteiger partial charge in [-0.3, -0.25) is 4.79 Å². The van der Waals surface area contributed by atoms with E-state index >= 15 is 0 Å². The van der Waals surface area contributed by atoms with Crippen LogP contribution in [0.4, 0.5) is 5.69 Å². The SMILES string of the molecule is CN(C(=O)CCN1CCNCC1)c1cccc(Br)c1. The smallest absolute Gasteiger partial charge is 0.228 e. The predicted molar refractivity (Wildman–Crippen MR) is 81.5 cm³/mol. The Morgan fingerprint density at radius 3 is 2.84 bits per heavy atom. The molecule has 4 nitrogen and oxygen atoms in total. The maximum Gasteiger partial charge on any atom is 0.228 e. The maximum absolute atomic E-state index is 12.2. The second-order valence-electron chi connectivity index (χ2n) is 4.77. The minimum atomic E-state index is 0.164. The van der Waals surface area contributed by atoms with Crippen LogP contribution in [0.25, 0.3) is 0 Å². The quantitative estimate of drug-likeness (QED) is 0.915. The molecule has 1 aliphatic heterocycles.